The Labute approximate surface area is 208 Å². The Morgan fingerprint density at radius 3 is 2.61 bits per heavy atom. The maximum atomic E-state index is 13.8. The fraction of sp³-hybridized carbons (Fsp3) is 0.148. The van der Waals surface area contributed by atoms with Crippen molar-refractivity contribution >= 4 is 49.2 Å². The van der Waals surface area contributed by atoms with Crippen LogP contribution in [-0.2, 0) is 0 Å². The van der Waals surface area contributed by atoms with Crippen molar-refractivity contribution in [3.05, 3.63) is 109 Å². The smallest absolute Gasteiger partial charge is 0.297 e. The van der Waals surface area contributed by atoms with Crippen molar-refractivity contribution in [2.24, 2.45) is 0 Å². The molecule has 0 fully saturated rings. The number of aryl methyl sites for hydroxylation is 3. The van der Waals surface area contributed by atoms with Gasteiger partial charge in [0.2, 0.25) is 5.76 Å². The summed E-state index contributed by atoms with van der Waals surface area (Å²) in [5.41, 5.74) is 4.11. The van der Waals surface area contributed by atoms with Gasteiger partial charge in [-0.2, -0.15) is 0 Å². The van der Waals surface area contributed by atoms with E-state index < -0.39 is 16.9 Å². The fourth-order valence-electron chi connectivity index (χ4n) is 4.87. The van der Waals surface area contributed by atoms with Crippen LogP contribution in [0.15, 0.2) is 63.8 Å². The number of nitrogens with zero attached hydrogens (tertiary/aromatic N) is 3. The van der Waals surface area contributed by atoms with Crippen molar-refractivity contribution < 1.29 is 14.1 Å². The Bertz CT molecular complexity index is 1820. The van der Waals surface area contributed by atoms with Crippen LogP contribution in [0.4, 0.5) is 10.8 Å². The first-order valence-corrected chi connectivity index (χ1v) is 12.1. The summed E-state index contributed by atoms with van der Waals surface area (Å²) < 4.78 is 6.91. The second-order valence-electron chi connectivity index (χ2n) is 9.03. The van der Waals surface area contributed by atoms with E-state index in [1.165, 1.54) is 28.4 Å². The molecule has 0 spiro atoms. The minimum atomic E-state index is -0.921. The van der Waals surface area contributed by atoms with Crippen molar-refractivity contribution in [2.45, 2.75) is 26.8 Å². The fourth-order valence-corrected chi connectivity index (χ4v) is 6.04. The second-order valence-corrected chi connectivity index (χ2v) is 10.0. The Morgan fingerprint density at radius 1 is 1.03 bits per heavy atom. The Balaban J connectivity index is 1.66. The van der Waals surface area contributed by atoms with Crippen molar-refractivity contribution in [3.8, 4) is 0 Å². The number of nitro benzene ring substituents is 1. The molecule has 6 rings (SSSR count). The predicted octanol–water partition coefficient (Wildman–Crippen LogP) is 5.99. The standard InChI is InChI=1S/C27H19N3O5S/c1-13-7-8-19-18(10-13)24(31)21-23(16-5-4-6-17(12-16)30(33)34)29(26(32)25(21)35-19)27-28-22-15(3)9-14(2)11-20(22)36-27/h4-12,23H,1-3H3/t23-/m0/s1. The molecular formula is C27H19N3O5S. The van der Waals surface area contributed by atoms with Crippen LogP contribution in [0.1, 0.15) is 44.4 Å². The quantitative estimate of drug-likeness (QED) is 0.224. The molecule has 0 saturated heterocycles. The van der Waals surface area contributed by atoms with E-state index in [1.54, 1.807) is 24.3 Å². The molecule has 0 N–H and O–H groups in total. The Morgan fingerprint density at radius 2 is 1.83 bits per heavy atom. The van der Waals surface area contributed by atoms with Gasteiger partial charge in [-0.3, -0.25) is 24.6 Å². The van der Waals surface area contributed by atoms with E-state index in [9.17, 15) is 19.7 Å². The molecule has 8 nitrogen and oxygen atoms in total. The van der Waals surface area contributed by atoms with Gasteiger partial charge < -0.3 is 4.42 Å². The minimum Gasteiger partial charge on any atom is -0.450 e. The van der Waals surface area contributed by atoms with Gasteiger partial charge in [-0.1, -0.05) is 41.2 Å². The summed E-state index contributed by atoms with van der Waals surface area (Å²) in [6.45, 7) is 5.81. The number of fused-ring (bicyclic) bond motifs is 3. The summed E-state index contributed by atoms with van der Waals surface area (Å²) in [6.07, 6.45) is 0. The lowest BCUT2D eigenvalue weighted by molar-refractivity contribution is -0.384. The zero-order chi connectivity index (χ0) is 25.3. The molecule has 5 aromatic rings. The molecule has 9 heteroatoms. The number of carbonyl (C=O) groups excluding carboxylic acids is 1. The number of amides is 1. The summed E-state index contributed by atoms with van der Waals surface area (Å²) in [7, 11) is 0. The number of aromatic nitrogens is 1. The second kappa shape index (κ2) is 7.82. The van der Waals surface area contributed by atoms with Crippen LogP contribution in [0, 0.1) is 30.9 Å². The first kappa shape index (κ1) is 22.1. The topological polar surface area (TPSA) is 107 Å². The molecule has 0 aliphatic carbocycles. The van der Waals surface area contributed by atoms with Crippen LogP contribution in [0.3, 0.4) is 0 Å². The molecule has 178 valence electrons. The summed E-state index contributed by atoms with van der Waals surface area (Å²) in [5, 5.41) is 12.3. The van der Waals surface area contributed by atoms with Gasteiger partial charge in [0.1, 0.15) is 5.58 Å². The third-order valence-corrected chi connectivity index (χ3v) is 7.45. The van der Waals surface area contributed by atoms with Crippen LogP contribution in [-0.4, -0.2) is 15.8 Å². The molecule has 36 heavy (non-hydrogen) atoms. The van der Waals surface area contributed by atoms with Crippen molar-refractivity contribution in [1.82, 2.24) is 4.98 Å². The van der Waals surface area contributed by atoms with Crippen LogP contribution in [0.25, 0.3) is 21.2 Å². The number of nitro groups is 1. The summed E-state index contributed by atoms with van der Waals surface area (Å²) in [5.74, 6) is -0.575. The normalized spacial score (nSPS) is 15.1. The van der Waals surface area contributed by atoms with E-state index >= 15 is 0 Å². The maximum absolute atomic E-state index is 13.8. The van der Waals surface area contributed by atoms with Crippen molar-refractivity contribution in [3.63, 3.8) is 0 Å². The molecular weight excluding hydrogens is 478 g/mol. The van der Waals surface area contributed by atoms with Gasteiger partial charge >= 0.3 is 0 Å². The highest BCUT2D eigenvalue weighted by Crippen LogP contribution is 2.44. The minimum absolute atomic E-state index is 0.0694. The van der Waals surface area contributed by atoms with E-state index in [0.29, 0.717) is 21.7 Å². The lowest BCUT2D eigenvalue weighted by Crippen LogP contribution is -2.29. The number of hydrogen-bond donors (Lipinski definition) is 0. The molecule has 0 saturated carbocycles. The molecule has 0 unspecified atom stereocenters. The molecule has 1 aliphatic heterocycles. The lowest BCUT2D eigenvalue weighted by Gasteiger charge is -2.22. The van der Waals surface area contributed by atoms with Gasteiger partial charge in [0.25, 0.3) is 11.6 Å². The SMILES string of the molecule is Cc1cc(C)c2nc(N3C(=O)c4oc5ccc(C)cc5c(=O)c4[C@@H]3c3cccc([N+](=O)[O-])c3)sc2c1. The van der Waals surface area contributed by atoms with E-state index in [0.717, 1.165) is 26.9 Å². The molecule has 3 heterocycles. The van der Waals surface area contributed by atoms with Crippen molar-refractivity contribution in [1.29, 1.82) is 0 Å². The third kappa shape index (κ3) is 3.24. The summed E-state index contributed by atoms with van der Waals surface area (Å²) in [4.78, 5) is 44.8. The zero-order valence-electron chi connectivity index (χ0n) is 19.6. The average Bonchev–Trinajstić information content (AvgIpc) is 3.39. The first-order valence-electron chi connectivity index (χ1n) is 11.3. The number of anilines is 1. The van der Waals surface area contributed by atoms with Crippen LogP contribution < -0.4 is 10.3 Å². The number of non-ortho nitro benzene ring substituents is 1. The third-order valence-electron chi connectivity index (χ3n) is 6.45. The van der Waals surface area contributed by atoms with Gasteiger partial charge in [0, 0.05) is 12.1 Å². The van der Waals surface area contributed by atoms with Gasteiger partial charge in [0.05, 0.1) is 32.1 Å². The van der Waals surface area contributed by atoms with E-state index in [-0.39, 0.29) is 22.4 Å². The largest absolute Gasteiger partial charge is 0.450 e. The number of thiazole rings is 1. The van der Waals surface area contributed by atoms with E-state index in [2.05, 4.69) is 0 Å². The number of carbonyl (C=O) groups is 1. The molecule has 0 bridgehead atoms. The Hall–Kier alpha value is -4.37. The first-order chi connectivity index (χ1) is 17.2. The molecule has 1 amide bonds. The maximum Gasteiger partial charge on any atom is 0.297 e. The van der Waals surface area contributed by atoms with Gasteiger partial charge in [0.15, 0.2) is 10.6 Å². The monoisotopic (exact) mass is 497 g/mol. The zero-order valence-corrected chi connectivity index (χ0v) is 20.4. The summed E-state index contributed by atoms with van der Waals surface area (Å²) in [6, 6.07) is 14.3. The predicted molar refractivity (Wildman–Crippen MR) is 138 cm³/mol. The molecule has 0 radical (unpaired) electrons. The van der Waals surface area contributed by atoms with Gasteiger partial charge in [-0.25, -0.2) is 4.98 Å². The molecule has 1 aliphatic rings. The van der Waals surface area contributed by atoms with E-state index in [1.807, 2.05) is 39.0 Å². The lowest BCUT2D eigenvalue weighted by atomic mass is 9.98. The highest BCUT2D eigenvalue weighted by Gasteiger charge is 2.45. The average molecular weight is 498 g/mol. The number of rotatable bonds is 3. The highest BCUT2D eigenvalue weighted by atomic mass is 32.1. The van der Waals surface area contributed by atoms with Crippen LogP contribution >= 0.6 is 11.3 Å². The number of hydrogen-bond acceptors (Lipinski definition) is 7. The van der Waals surface area contributed by atoms with Gasteiger partial charge in [-0.15, -0.1) is 0 Å². The van der Waals surface area contributed by atoms with Crippen molar-refractivity contribution in [2.75, 3.05) is 4.90 Å². The number of benzene rings is 3. The van der Waals surface area contributed by atoms with E-state index in [4.69, 9.17) is 9.40 Å². The van der Waals surface area contributed by atoms with Crippen LogP contribution in [0.2, 0.25) is 0 Å². The van der Waals surface area contributed by atoms with Gasteiger partial charge in [-0.05, 0) is 55.7 Å². The Kier molecular flexibility index (Phi) is 4.81. The molecule has 3 aromatic carbocycles. The molecule has 2 aromatic heterocycles. The summed E-state index contributed by atoms with van der Waals surface area (Å²) >= 11 is 1.34. The highest BCUT2D eigenvalue weighted by molar-refractivity contribution is 7.22. The van der Waals surface area contributed by atoms with Crippen LogP contribution in [0.5, 0.6) is 0 Å². The molecule has 1 atom stereocenters.